The summed E-state index contributed by atoms with van der Waals surface area (Å²) in [6, 6.07) is -1.18. The molecule has 0 aromatic heterocycles. The van der Waals surface area contributed by atoms with Crippen LogP contribution in [0.15, 0.2) is 0 Å². The Bertz CT molecular complexity index is 648. The van der Waals surface area contributed by atoms with Crippen LogP contribution in [0.25, 0.3) is 0 Å². The van der Waals surface area contributed by atoms with Crippen molar-refractivity contribution < 1.29 is 38.1 Å². The average molecular weight is 458 g/mol. The highest BCUT2D eigenvalue weighted by atomic mass is 16.6. The molecule has 1 aliphatic rings. The van der Waals surface area contributed by atoms with Gasteiger partial charge in [0.05, 0.1) is 12.7 Å². The fourth-order valence-corrected chi connectivity index (χ4v) is 3.13. The van der Waals surface area contributed by atoms with Crippen molar-refractivity contribution in [3.8, 4) is 0 Å². The van der Waals surface area contributed by atoms with Crippen molar-refractivity contribution in [3.63, 3.8) is 0 Å². The lowest BCUT2D eigenvalue weighted by molar-refractivity contribution is -0.162. The molecular formula is C23H39NO8. The molecule has 1 saturated heterocycles. The van der Waals surface area contributed by atoms with Crippen LogP contribution in [0.3, 0.4) is 0 Å². The number of ketones is 1. The minimum absolute atomic E-state index is 0.0168. The molecule has 0 aromatic rings. The number of imide groups is 1. The van der Waals surface area contributed by atoms with Gasteiger partial charge >= 0.3 is 18.2 Å². The van der Waals surface area contributed by atoms with Crippen molar-refractivity contribution in [2.24, 2.45) is 0 Å². The quantitative estimate of drug-likeness (QED) is 0.441. The van der Waals surface area contributed by atoms with E-state index in [1.54, 1.807) is 48.5 Å². The standard InChI is InChI=1S/C23H39NO8/c1-15(25)13-14-29-18-12-10-9-11-17(19(26)30-16(18)2)24(20(27)31-22(3,4)5)21(28)32-23(6,7)8/h16-18H,9-14H2,1-8H3/t16-,17-,18+/m0/s1. The molecule has 1 fully saturated rings. The smallest absolute Gasteiger partial charge is 0.420 e. The number of cyclic esters (lactones) is 1. The summed E-state index contributed by atoms with van der Waals surface area (Å²) in [5, 5.41) is 0. The molecular weight excluding hydrogens is 418 g/mol. The van der Waals surface area contributed by atoms with E-state index >= 15 is 0 Å². The van der Waals surface area contributed by atoms with E-state index in [2.05, 4.69) is 0 Å². The molecule has 1 rings (SSSR count). The van der Waals surface area contributed by atoms with Gasteiger partial charge in [-0.1, -0.05) is 12.8 Å². The molecule has 0 saturated carbocycles. The Hall–Kier alpha value is -2.16. The van der Waals surface area contributed by atoms with Crippen molar-refractivity contribution in [1.29, 1.82) is 0 Å². The maximum atomic E-state index is 13.1. The van der Waals surface area contributed by atoms with Gasteiger partial charge in [0, 0.05) is 6.42 Å². The summed E-state index contributed by atoms with van der Waals surface area (Å²) in [6.07, 6.45) is -0.556. The number of rotatable bonds is 5. The Morgan fingerprint density at radius 2 is 1.47 bits per heavy atom. The molecule has 1 heterocycles. The second kappa shape index (κ2) is 11.6. The van der Waals surface area contributed by atoms with Crippen LogP contribution in [-0.4, -0.2) is 64.9 Å². The average Bonchev–Trinajstić information content (AvgIpc) is 2.63. The van der Waals surface area contributed by atoms with Gasteiger partial charge in [0.25, 0.3) is 0 Å². The fraction of sp³-hybridized carbons (Fsp3) is 0.826. The highest BCUT2D eigenvalue weighted by Gasteiger charge is 2.42. The molecule has 1 aliphatic heterocycles. The Morgan fingerprint density at radius 1 is 0.969 bits per heavy atom. The number of hydrogen-bond acceptors (Lipinski definition) is 8. The summed E-state index contributed by atoms with van der Waals surface area (Å²) < 4.78 is 22.1. The monoisotopic (exact) mass is 457 g/mol. The van der Waals surface area contributed by atoms with Crippen molar-refractivity contribution in [2.45, 2.75) is 117 Å². The molecule has 0 unspecified atom stereocenters. The molecule has 184 valence electrons. The van der Waals surface area contributed by atoms with Crippen molar-refractivity contribution in [1.82, 2.24) is 4.90 Å². The SMILES string of the molecule is CC(=O)CCO[C@@H]1CCCC[C@H](N(C(=O)OC(C)(C)C)C(=O)OC(C)(C)C)C(=O)O[C@H]1C. The van der Waals surface area contributed by atoms with Gasteiger partial charge in [0.1, 0.15) is 29.1 Å². The van der Waals surface area contributed by atoms with E-state index < -0.39 is 41.5 Å². The summed E-state index contributed by atoms with van der Waals surface area (Å²) >= 11 is 0. The number of esters is 1. The molecule has 0 bridgehead atoms. The zero-order chi connectivity index (χ0) is 24.7. The van der Waals surface area contributed by atoms with E-state index in [1.165, 1.54) is 6.92 Å². The van der Waals surface area contributed by atoms with Crippen LogP contribution in [0.5, 0.6) is 0 Å². The summed E-state index contributed by atoms with van der Waals surface area (Å²) in [5.41, 5.74) is -1.74. The Kier molecular flexibility index (Phi) is 10.1. The Balaban J connectivity index is 3.10. The van der Waals surface area contributed by atoms with Crippen LogP contribution in [0.2, 0.25) is 0 Å². The van der Waals surface area contributed by atoms with Gasteiger partial charge in [-0.2, -0.15) is 4.90 Å². The van der Waals surface area contributed by atoms with E-state index in [0.717, 1.165) is 4.90 Å². The Morgan fingerprint density at radius 3 is 1.94 bits per heavy atom. The van der Waals surface area contributed by atoms with E-state index in [-0.39, 0.29) is 31.3 Å². The highest BCUT2D eigenvalue weighted by molar-refractivity contribution is 5.94. The van der Waals surface area contributed by atoms with Gasteiger partial charge in [-0.3, -0.25) is 4.79 Å². The lowest BCUT2D eigenvalue weighted by Gasteiger charge is -2.32. The number of carbonyl (C=O) groups is 4. The maximum absolute atomic E-state index is 13.1. The zero-order valence-electron chi connectivity index (χ0n) is 20.7. The predicted octanol–water partition coefficient (Wildman–Crippen LogP) is 4.40. The first-order valence-electron chi connectivity index (χ1n) is 11.2. The first-order chi connectivity index (χ1) is 14.6. The molecule has 9 heteroatoms. The molecule has 2 amide bonds. The number of amides is 2. The molecule has 0 aromatic carbocycles. The highest BCUT2D eigenvalue weighted by Crippen LogP contribution is 2.24. The van der Waals surface area contributed by atoms with Gasteiger partial charge in [-0.15, -0.1) is 0 Å². The van der Waals surface area contributed by atoms with Gasteiger partial charge in [0.15, 0.2) is 0 Å². The van der Waals surface area contributed by atoms with Gasteiger partial charge in [-0.05, 0) is 68.2 Å². The van der Waals surface area contributed by atoms with Crippen molar-refractivity contribution >= 4 is 23.9 Å². The maximum Gasteiger partial charge on any atom is 0.420 e. The second-order valence-corrected chi connectivity index (χ2v) is 10.1. The number of ether oxygens (including phenoxy) is 4. The van der Waals surface area contributed by atoms with Crippen LogP contribution in [-0.2, 0) is 28.5 Å². The van der Waals surface area contributed by atoms with Crippen molar-refractivity contribution in [2.75, 3.05) is 6.61 Å². The largest absolute Gasteiger partial charge is 0.458 e. The lowest BCUT2D eigenvalue weighted by Crippen LogP contribution is -2.53. The summed E-state index contributed by atoms with van der Waals surface area (Å²) in [5.74, 6) is -0.709. The normalized spacial score (nSPS) is 22.6. The van der Waals surface area contributed by atoms with Crippen LogP contribution in [0, 0.1) is 0 Å². The third-order valence-corrected chi connectivity index (χ3v) is 4.59. The summed E-state index contributed by atoms with van der Waals surface area (Å²) in [7, 11) is 0. The number of carbonyl (C=O) groups excluding carboxylic acids is 4. The van der Waals surface area contributed by atoms with Crippen LogP contribution < -0.4 is 0 Å². The fourth-order valence-electron chi connectivity index (χ4n) is 3.13. The van der Waals surface area contributed by atoms with Gasteiger partial charge in [-0.25, -0.2) is 14.4 Å². The minimum atomic E-state index is -1.18. The van der Waals surface area contributed by atoms with Crippen LogP contribution in [0.1, 0.15) is 87.5 Å². The van der Waals surface area contributed by atoms with E-state index in [9.17, 15) is 19.2 Å². The topological polar surface area (TPSA) is 108 Å². The molecule has 32 heavy (non-hydrogen) atoms. The second-order valence-electron chi connectivity index (χ2n) is 10.1. The minimum Gasteiger partial charge on any atom is -0.458 e. The zero-order valence-corrected chi connectivity index (χ0v) is 20.7. The van der Waals surface area contributed by atoms with E-state index in [4.69, 9.17) is 18.9 Å². The number of nitrogens with zero attached hydrogens (tertiary/aromatic N) is 1. The predicted molar refractivity (Wildman–Crippen MR) is 117 cm³/mol. The first-order valence-corrected chi connectivity index (χ1v) is 11.2. The molecule has 0 spiro atoms. The summed E-state index contributed by atoms with van der Waals surface area (Å²) in [6.45, 7) is 13.5. The van der Waals surface area contributed by atoms with Gasteiger partial charge in [0.2, 0.25) is 0 Å². The van der Waals surface area contributed by atoms with Crippen molar-refractivity contribution in [3.05, 3.63) is 0 Å². The third-order valence-electron chi connectivity index (χ3n) is 4.59. The van der Waals surface area contributed by atoms with Crippen LogP contribution in [0.4, 0.5) is 9.59 Å². The molecule has 0 radical (unpaired) electrons. The number of hydrogen-bond donors (Lipinski definition) is 0. The van der Waals surface area contributed by atoms with Gasteiger partial charge < -0.3 is 18.9 Å². The lowest BCUT2D eigenvalue weighted by atomic mass is 10.0. The molecule has 9 nitrogen and oxygen atoms in total. The molecule has 3 atom stereocenters. The van der Waals surface area contributed by atoms with E-state index in [0.29, 0.717) is 19.3 Å². The number of Topliss-reactive ketones (excluding diaryl/α,β-unsaturated/α-hetero) is 1. The van der Waals surface area contributed by atoms with E-state index in [1.807, 2.05) is 0 Å². The molecule has 0 N–H and O–H groups in total. The van der Waals surface area contributed by atoms with Crippen LogP contribution >= 0.6 is 0 Å². The third kappa shape index (κ3) is 9.97. The summed E-state index contributed by atoms with van der Waals surface area (Å²) in [4.78, 5) is 50.8. The Labute approximate surface area is 191 Å². The molecule has 0 aliphatic carbocycles. The first kappa shape index (κ1) is 27.9.